The lowest BCUT2D eigenvalue weighted by Gasteiger charge is -2.46. The SMILES string of the molecule is CCNC(C1CCOC2(CCOCC2)C1)C(C)S(C)(=O)=O. The molecule has 0 aromatic rings. The van der Waals surface area contributed by atoms with Crippen LogP contribution in [0.25, 0.3) is 0 Å². The van der Waals surface area contributed by atoms with Crippen LogP contribution in [0.15, 0.2) is 0 Å². The van der Waals surface area contributed by atoms with Crippen molar-refractivity contribution >= 4 is 9.84 Å². The zero-order valence-corrected chi connectivity index (χ0v) is 14.2. The Balaban J connectivity index is 2.12. The summed E-state index contributed by atoms with van der Waals surface area (Å²) in [5.74, 6) is 0.349. The van der Waals surface area contributed by atoms with Gasteiger partial charge in [-0.3, -0.25) is 0 Å². The van der Waals surface area contributed by atoms with Crippen molar-refractivity contribution in [3.8, 4) is 0 Å². The first-order chi connectivity index (χ1) is 9.88. The minimum Gasteiger partial charge on any atom is -0.381 e. The minimum atomic E-state index is -3.04. The molecule has 3 unspecified atom stereocenters. The Labute approximate surface area is 128 Å². The third-order valence-corrected chi connectivity index (χ3v) is 6.71. The number of ether oxygens (including phenoxy) is 2. The third-order valence-electron chi connectivity index (χ3n) is 5.06. The molecule has 2 aliphatic rings. The van der Waals surface area contributed by atoms with Crippen molar-refractivity contribution in [2.75, 3.05) is 32.6 Å². The summed E-state index contributed by atoms with van der Waals surface area (Å²) in [5.41, 5.74) is -0.0912. The molecule has 21 heavy (non-hydrogen) atoms. The predicted molar refractivity (Wildman–Crippen MR) is 83.2 cm³/mol. The lowest BCUT2D eigenvalue weighted by Crippen LogP contribution is -2.53. The molecule has 0 radical (unpaired) electrons. The van der Waals surface area contributed by atoms with Crippen LogP contribution < -0.4 is 5.32 Å². The van der Waals surface area contributed by atoms with Gasteiger partial charge in [0.25, 0.3) is 0 Å². The van der Waals surface area contributed by atoms with Gasteiger partial charge in [-0.1, -0.05) is 6.92 Å². The fourth-order valence-electron chi connectivity index (χ4n) is 3.68. The Morgan fingerprint density at radius 3 is 2.52 bits per heavy atom. The van der Waals surface area contributed by atoms with E-state index in [0.717, 1.165) is 52.0 Å². The van der Waals surface area contributed by atoms with E-state index in [4.69, 9.17) is 9.47 Å². The standard InChI is InChI=1S/C15H29NO4S/c1-4-16-14(12(2)21(3,17)18)13-5-8-20-15(11-13)6-9-19-10-7-15/h12-14,16H,4-11H2,1-3H3. The van der Waals surface area contributed by atoms with Crippen LogP contribution in [0.4, 0.5) is 0 Å². The van der Waals surface area contributed by atoms with E-state index < -0.39 is 9.84 Å². The van der Waals surface area contributed by atoms with Crippen LogP contribution in [0, 0.1) is 5.92 Å². The van der Waals surface area contributed by atoms with Gasteiger partial charge < -0.3 is 14.8 Å². The molecule has 5 nitrogen and oxygen atoms in total. The Bertz CT molecular complexity index is 425. The highest BCUT2D eigenvalue weighted by molar-refractivity contribution is 7.91. The van der Waals surface area contributed by atoms with Gasteiger partial charge in [-0.2, -0.15) is 0 Å². The lowest BCUT2D eigenvalue weighted by atomic mass is 9.77. The fraction of sp³-hybridized carbons (Fsp3) is 1.00. The zero-order valence-electron chi connectivity index (χ0n) is 13.4. The van der Waals surface area contributed by atoms with Gasteiger partial charge in [0, 0.05) is 32.1 Å². The molecule has 2 rings (SSSR count). The molecule has 3 atom stereocenters. The van der Waals surface area contributed by atoms with Crippen molar-refractivity contribution in [3.63, 3.8) is 0 Å². The number of hydrogen-bond donors (Lipinski definition) is 1. The second kappa shape index (κ2) is 6.94. The molecule has 2 heterocycles. The van der Waals surface area contributed by atoms with Gasteiger partial charge in [0.1, 0.15) is 0 Å². The average molecular weight is 319 g/mol. The van der Waals surface area contributed by atoms with Crippen molar-refractivity contribution in [2.24, 2.45) is 5.92 Å². The molecule has 0 aliphatic carbocycles. The van der Waals surface area contributed by atoms with Gasteiger partial charge in [-0.25, -0.2) is 8.42 Å². The topological polar surface area (TPSA) is 64.6 Å². The van der Waals surface area contributed by atoms with Crippen LogP contribution in [0.1, 0.15) is 39.5 Å². The average Bonchev–Trinajstić information content (AvgIpc) is 2.44. The van der Waals surface area contributed by atoms with Crippen molar-refractivity contribution in [1.82, 2.24) is 5.32 Å². The summed E-state index contributed by atoms with van der Waals surface area (Å²) in [6, 6.07) is 0.00798. The largest absolute Gasteiger partial charge is 0.381 e. The predicted octanol–water partition coefficient (Wildman–Crippen LogP) is 1.37. The van der Waals surface area contributed by atoms with Gasteiger partial charge in [-0.15, -0.1) is 0 Å². The monoisotopic (exact) mass is 319 g/mol. The zero-order chi connectivity index (χ0) is 15.5. The van der Waals surface area contributed by atoms with Crippen molar-refractivity contribution in [2.45, 2.75) is 56.4 Å². The van der Waals surface area contributed by atoms with E-state index in [2.05, 4.69) is 5.32 Å². The van der Waals surface area contributed by atoms with Gasteiger partial charge >= 0.3 is 0 Å². The van der Waals surface area contributed by atoms with E-state index in [1.807, 2.05) is 13.8 Å². The maximum Gasteiger partial charge on any atom is 0.151 e. The highest BCUT2D eigenvalue weighted by Crippen LogP contribution is 2.39. The van der Waals surface area contributed by atoms with E-state index >= 15 is 0 Å². The molecule has 0 amide bonds. The Morgan fingerprint density at radius 1 is 1.29 bits per heavy atom. The summed E-state index contributed by atoms with van der Waals surface area (Å²) < 4.78 is 35.5. The first kappa shape index (κ1) is 17.2. The van der Waals surface area contributed by atoms with Crippen LogP contribution in [0.5, 0.6) is 0 Å². The van der Waals surface area contributed by atoms with E-state index in [0.29, 0.717) is 5.92 Å². The fourth-order valence-corrected chi connectivity index (χ4v) is 4.53. The molecule has 0 aromatic carbocycles. The highest BCUT2D eigenvalue weighted by Gasteiger charge is 2.43. The summed E-state index contributed by atoms with van der Waals surface area (Å²) in [6.07, 6.45) is 5.06. The van der Waals surface area contributed by atoms with Crippen LogP contribution in [0.3, 0.4) is 0 Å². The molecular weight excluding hydrogens is 290 g/mol. The van der Waals surface area contributed by atoms with Gasteiger partial charge in [0.2, 0.25) is 0 Å². The Hall–Kier alpha value is -0.170. The van der Waals surface area contributed by atoms with Crippen molar-refractivity contribution in [1.29, 1.82) is 0 Å². The first-order valence-corrected chi connectivity index (χ1v) is 9.97. The Kier molecular flexibility index (Phi) is 5.68. The highest BCUT2D eigenvalue weighted by atomic mass is 32.2. The molecular formula is C15H29NO4S. The van der Waals surface area contributed by atoms with Crippen LogP contribution in [0.2, 0.25) is 0 Å². The molecule has 1 spiro atoms. The maximum absolute atomic E-state index is 12.0. The first-order valence-electron chi connectivity index (χ1n) is 8.02. The molecule has 0 saturated carbocycles. The quantitative estimate of drug-likeness (QED) is 0.829. The van der Waals surface area contributed by atoms with E-state index in [1.165, 1.54) is 6.26 Å². The molecule has 0 bridgehead atoms. The van der Waals surface area contributed by atoms with Crippen LogP contribution in [-0.2, 0) is 19.3 Å². The molecule has 0 aromatic heterocycles. The number of hydrogen-bond acceptors (Lipinski definition) is 5. The molecule has 124 valence electrons. The normalized spacial score (nSPS) is 29.2. The van der Waals surface area contributed by atoms with Gasteiger partial charge in [0.15, 0.2) is 9.84 Å². The molecule has 6 heteroatoms. The van der Waals surface area contributed by atoms with Crippen LogP contribution in [-0.4, -0.2) is 57.9 Å². The lowest BCUT2D eigenvalue weighted by molar-refractivity contribution is -0.150. The second-order valence-corrected chi connectivity index (χ2v) is 8.92. The van der Waals surface area contributed by atoms with E-state index in [9.17, 15) is 8.42 Å². The smallest absolute Gasteiger partial charge is 0.151 e. The minimum absolute atomic E-state index is 0.00798. The third kappa shape index (κ3) is 4.18. The van der Waals surface area contributed by atoms with Crippen molar-refractivity contribution < 1.29 is 17.9 Å². The Morgan fingerprint density at radius 2 is 1.95 bits per heavy atom. The molecule has 1 N–H and O–H groups in total. The second-order valence-electron chi connectivity index (χ2n) is 6.51. The maximum atomic E-state index is 12.0. The van der Waals surface area contributed by atoms with E-state index in [1.54, 1.807) is 0 Å². The van der Waals surface area contributed by atoms with Gasteiger partial charge in [0.05, 0.1) is 10.9 Å². The molecule has 2 saturated heterocycles. The van der Waals surface area contributed by atoms with E-state index in [-0.39, 0.29) is 16.9 Å². The summed E-state index contributed by atoms with van der Waals surface area (Å²) in [7, 11) is -3.04. The summed E-state index contributed by atoms with van der Waals surface area (Å²) in [5, 5.41) is 3.05. The molecule has 2 aliphatic heterocycles. The number of nitrogens with one attached hydrogen (secondary N) is 1. The van der Waals surface area contributed by atoms with Crippen LogP contribution >= 0.6 is 0 Å². The summed E-state index contributed by atoms with van der Waals surface area (Å²) >= 11 is 0. The number of rotatable bonds is 5. The van der Waals surface area contributed by atoms with Gasteiger partial charge in [-0.05, 0) is 45.1 Å². The molecule has 2 fully saturated rings. The van der Waals surface area contributed by atoms with Crippen molar-refractivity contribution in [3.05, 3.63) is 0 Å². The summed E-state index contributed by atoms with van der Waals surface area (Å²) in [4.78, 5) is 0. The summed E-state index contributed by atoms with van der Waals surface area (Å²) in [6.45, 7) is 6.88. The number of sulfone groups is 1.